The highest BCUT2D eigenvalue weighted by molar-refractivity contribution is 6.35. The van der Waals surface area contributed by atoms with Gasteiger partial charge in [-0.05, 0) is 31.0 Å². The molecule has 1 heterocycles. The van der Waals surface area contributed by atoms with E-state index < -0.39 is 0 Å². The molecule has 0 aliphatic carbocycles. The largest absolute Gasteiger partial charge is 0.469 e. The number of carbonyl (C=O) groups is 2. The van der Waals surface area contributed by atoms with Gasteiger partial charge in [0.15, 0.2) is 0 Å². The van der Waals surface area contributed by atoms with E-state index in [4.69, 9.17) is 27.9 Å². The number of carbonyl (C=O) groups excluding carboxylic acids is 2. The maximum atomic E-state index is 12.3. The third kappa shape index (κ3) is 3.44. The van der Waals surface area contributed by atoms with Crippen molar-refractivity contribution < 1.29 is 14.3 Å². The van der Waals surface area contributed by atoms with Crippen LogP contribution in [0.5, 0.6) is 0 Å². The molecule has 0 atom stereocenters. The molecule has 0 bridgehead atoms. The van der Waals surface area contributed by atoms with E-state index in [-0.39, 0.29) is 17.8 Å². The fraction of sp³-hybridized carbons (Fsp3) is 0.429. The third-order valence-electron chi connectivity index (χ3n) is 3.43. The Morgan fingerprint density at radius 2 is 1.70 bits per heavy atom. The first-order valence-electron chi connectivity index (χ1n) is 6.34. The summed E-state index contributed by atoms with van der Waals surface area (Å²) in [7, 11) is 1.38. The Bertz CT molecular complexity index is 505. The van der Waals surface area contributed by atoms with Crippen LogP contribution in [0.4, 0.5) is 0 Å². The smallest absolute Gasteiger partial charge is 0.308 e. The van der Waals surface area contributed by atoms with E-state index >= 15 is 0 Å². The summed E-state index contributed by atoms with van der Waals surface area (Å²) < 4.78 is 4.72. The monoisotopic (exact) mass is 315 g/mol. The van der Waals surface area contributed by atoms with Gasteiger partial charge in [-0.1, -0.05) is 23.2 Å². The first-order valence-corrected chi connectivity index (χ1v) is 7.10. The number of nitrogens with zero attached hydrogens (tertiary/aromatic N) is 1. The van der Waals surface area contributed by atoms with Crippen LogP contribution >= 0.6 is 23.2 Å². The number of rotatable bonds is 2. The van der Waals surface area contributed by atoms with Crippen molar-refractivity contribution in [1.82, 2.24) is 4.90 Å². The van der Waals surface area contributed by atoms with Gasteiger partial charge >= 0.3 is 5.97 Å². The molecule has 0 aromatic heterocycles. The molecule has 1 aliphatic heterocycles. The molecule has 1 amide bonds. The van der Waals surface area contributed by atoms with Gasteiger partial charge in [-0.25, -0.2) is 0 Å². The van der Waals surface area contributed by atoms with Gasteiger partial charge in [0, 0.05) is 28.7 Å². The van der Waals surface area contributed by atoms with Gasteiger partial charge in [0.2, 0.25) is 0 Å². The Hall–Kier alpha value is -1.26. The van der Waals surface area contributed by atoms with Gasteiger partial charge in [0.05, 0.1) is 13.0 Å². The fourth-order valence-electron chi connectivity index (χ4n) is 2.34. The van der Waals surface area contributed by atoms with Gasteiger partial charge in [0.1, 0.15) is 0 Å². The molecule has 1 aromatic rings. The number of hydrogen-bond acceptors (Lipinski definition) is 3. The summed E-state index contributed by atoms with van der Waals surface area (Å²) in [6, 6.07) is 4.79. The average molecular weight is 316 g/mol. The lowest BCUT2D eigenvalue weighted by molar-refractivity contribution is -0.146. The predicted octanol–water partition coefficient (Wildman–Crippen LogP) is 3.02. The number of halogens is 2. The molecule has 0 saturated carbocycles. The number of benzene rings is 1. The first kappa shape index (κ1) is 15.1. The molecule has 1 aliphatic rings. The van der Waals surface area contributed by atoms with Crippen LogP contribution in [0.2, 0.25) is 10.0 Å². The highest BCUT2D eigenvalue weighted by Crippen LogP contribution is 2.23. The lowest BCUT2D eigenvalue weighted by atomic mass is 9.96. The maximum Gasteiger partial charge on any atom is 0.308 e. The van der Waals surface area contributed by atoms with Gasteiger partial charge in [-0.2, -0.15) is 0 Å². The SMILES string of the molecule is COC(=O)C1CCN(C(=O)c2cc(Cl)cc(Cl)c2)CC1. The zero-order chi connectivity index (χ0) is 14.7. The molecule has 0 spiro atoms. The van der Waals surface area contributed by atoms with Crippen LogP contribution in [-0.2, 0) is 9.53 Å². The summed E-state index contributed by atoms with van der Waals surface area (Å²) in [5.74, 6) is -0.437. The van der Waals surface area contributed by atoms with Crippen molar-refractivity contribution in [3.8, 4) is 0 Å². The lowest BCUT2D eigenvalue weighted by Crippen LogP contribution is -2.40. The van der Waals surface area contributed by atoms with Crippen molar-refractivity contribution in [2.45, 2.75) is 12.8 Å². The quantitative estimate of drug-likeness (QED) is 0.788. The Morgan fingerprint density at radius 1 is 1.15 bits per heavy atom. The highest BCUT2D eigenvalue weighted by Gasteiger charge is 2.28. The Labute approximate surface area is 127 Å². The molecule has 0 N–H and O–H groups in total. The van der Waals surface area contributed by atoms with E-state index in [0.29, 0.717) is 41.5 Å². The summed E-state index contributed by atoms with van der Waals surface area (Å²) in [6.07, 6.45) is 1.24. The summed E-state index contributed by atoms with van der Waals surface area (Å²) in [6.45, 7) is 1.06. The molecular formula is C14H15Cl2NO3. The van der Waals surface area contributed by atoms with Crippen LogP contribution in [0.25, 0.3) is 0 Å². The molecule has 1 fully saturated rings. The van der Waals surface area contributed by atoms with Crippen LogP contribution in [0.3, 0.4) is 0 Å². The third-order valence-corrected chi connectivity index (χ3v) is 3.86. The standard InChI is InChI=1S/C14H15Cl2NO3/c1-20-14(19)9-2-4-17(5-3-9)13(18)10-6-11(15)8-12(16)7-10/h6-9H,2-5H2,1H3. The second kappa shape index (κ2) is 6.46. The van der Waals surface area contributed by atoms with Crippen molar-refractivity contribution in [3.05, 3.63) is 33.8 Å². The minimum absolute atomic E-state index is 0.113. The summed E-state index contributed by atoms with van der Waals surface area (Å²) in [5.41, 5.74) is 0.471. The molecule has 4 nitrogen and oxygen atoms in total. The average Bonchev–Trinajstić information content (AvgIpc) is 2.45. The minimum Gasteiger partial charge on any atom is -0.469 e. The zero-order valence-corrected chi connectivity index (χ0v) is 12.6. The maximum absolute atomic E-state index is 12.3. The normalized spacial score (nSPS) is 16.1. The van der Waals surface area contributed by atoms with Crippen molar-refractivity contribution in [1.29, 1.82) is 0 Å². The number of hydrogen-bond donors (Lipinski definition) is 0. The second-order valence-corrected chi connectivity index (χ2v) is 5.62. The van der Waals surface area contributed by atoms with Crippen molar-refractivity contribution >= 4 is 35.1 Å². The van der Waals surface area contributed by atoms with Gasteiger partial charge in [-0.15, -0.1) is 0 Å². The molecule has 2 rings (SSSR count). The van der Waals surface area contributed by atoms with E-state index in [1.54, 1.807) is 23.1 Å². The Kier molecular flexibility index (Phi) is 4.89. The predicted molar refractivity (Wildman–Crippen MR) is 77.1 cm³/mol. The summed E-state index contributed by atoms with van der Waals surface area (Å²) >= 11 is 11.8. The first-order chi connectivity index (χ1) is 9.51. The summed E-state index contributed by atoms with van der Waals surface area (Å²) in [4.78, 5) is 25.5. The lowest BCUT2D eigenvalue weighted by Gasteiger charge is -2.30. The highest BCUT2D eigenvalue weighted by atomic mass is 35.5. The van der Waals surface area contributed by atoms with Crippen molar-refractivity contribution in [3.63, 3.8) is 0 Å². The van der Waals surface area contributed by atoms with Crippen LogP contribution in [0.1, 0.15) is 23.2 Å². The molecular weight excluding hydrogens is 301 g/mol. The van der Waals surface area contributed by atoms with Crippen LogP contribution in [0.15, 0.2) is 18.2 Å². The fourth-order valence-corrected chi connectivity index (χ4v) is 2.87. The van der Waals surface area contributed by atoms with Gasteiger partial charge < -0.3 is 9.64 Å². The number of methoxy groups -OCH3 is 1. The zero-order valence-electron chi connectivity index (χ0n) is 11.1. The van der Waals surface area contributed by atoms with Gasteiger partial charge in [0.25, 0.3) is 5.91 Å². The minimum atomic E-state index is -0.206. The Balaban J connectivity index is 2.03. The summed E-state index contributed by atoms with van der Waals surface area (Å²) in [5, 5.41) is 0.871. The van der Waals surface area contributed by atoms with Gasteiger partial charge in [-0.3, -0.25) is 9.59 Å². The second-order valence-electron chi connectivity index (χ2n) is 4.75. The Morgan fingerprint density at radius 3 is 2.20 bits per heavy atom. The molecule has 20 heavy (non-hydrogen) atoms. The molecule has 6 heteroatoms. The van der Waals surface area contributed by atoms with E-state index in [0.717, 1.165) is 0 Å². The molecule has 1 saturated heterocycles. The van der Waals surface area contributed by atoms with E-state index in [9.17, 15) is 9.59 Å². The molecule has 0 radical (unpaired) electrons. The molecule has 108 valence electrons. The van der Waals surface area contributed by atoms with Crippen molar-refractivity contribution in [2.75, 3.05) is 20.2 Å². The number of ether oxygens (including phenoxy) is 1. The van der Waals surface area contributed by atoms with E-state index in [1.807, 2.05) is 0 Å². The van der Waals surface area contributed by atoms with E-state index in [1.165, 1.54) is 7.11 Å². The topological polar surface area (TPSA) is 46.6 Å². The molecule has 0 unspecified atom stereocenters. The number of piperidine rings is 1. The van der Waals surface area contributed by atoms with E-state index in [2.05, 4.69) is 0 Å². The number of amides is 1. The van der Waals surface area contributed by atoms with Crippen LogP contribution in [-0.4, -0.2) is 37.0 Å². The van der Waals surface area contributed by atoms with Crippen LogP contribution < -0.4 is 0 Å². The van der Waals surface area contributed by atoms with Crippen LogP contribution in [0, 0.1) is 5.92 Å². The number of likely N-dealkylation sites (tertiary alicyclic amines) is 1. The number of esters is 1. The molecule has 1 aromatic carbocycles. The van der Waals surface area contributed by atoms with Crippen molar-refractivity contribution in [2.24, 2.45) is 5.92 Å².